The molecule has 0 heterocycles. The molecule has 3 heteroatoms. The lowest BCUT2D eigenvalue weighted by Gasteiger charge is -2.01. The maximum Gasteiger partial charge on any atom is 0.328 e. The summed E-state index contributed by atoms with van der Waals surface area (Å²) in [6.07, 6.45) is 2.27. The third kappa shape index (κ3) is 3.10. The molecule has 16 heavy (non-hydrogen) atoms. The topological polar surface area (TPSA) is 61.1 Å². The number of carbonyl (C=O) groups is 1. The molecule has 0 aliphatic rings. The predicted octanol–water partition coefficient (Wildman–Crippen LogP) is 2.62. The highest BCUT2D eigenvalue weighted by molar-refractivity contribution is 5.82. The van der Waals surface area contributed by atoms with E-state index in [0.717, 1.165) is 17.2 Å². The van der Waals surface area contributed by atoms with Crippen molar-refractivity contribution in [1.82, 2.24) is 0 Å². The molecule has 0 fully saturated rings. The lowest BCUT2D eigenvalue weighted by molar-refractivity contribution is -0.131. The molecule has 0 bridgehead atoms. The first-order valence-electron chi connectivity index (χ1n) is 4.72. The molecular formula is C13H11NO2. The summed E-state index contributed by atoms with van der Waals surface area (Å²) in [6.45, 7) is 1.79. The number of carboxylic acids is 1. The largest absolute Gasteiger partial charge is 0.478 e. The summed E-state index contributed by atoms with van der Waals surface area (Å²) >= 11 is 0. The van der Waals surface area contributed by atoms with E-state index in [4.69, 9.17) is 10.4 Å². The van der Waals surface area contributed by atoms with Crippen LogP contribution in [0.15, 0.2) is 48.1 Å². The van der Waals surface area contributed by atoms with Crippen LogP contribution in [0.3, 0.4) is 0 Å². The lowest BCUT2D eigenvalue weighted by atomic mass is 10.0. The van der Waals surface area contributed by atoms with Crippen LogP contribution in [0.4, 0.5) is 0 Å². The molecule has 0 unspecified atom stereocenters. The number of rotatable bonds is 3. The van der Waals surface area contributed by atoms with Crippen molar-refractivity contribution in [2.24, 2.45) is 0 Å². The van der Waals surface area contributed by atoms with Crippen LogP contribution in [-0.4, -0.2) is 11.1 Å². The fourth-order valence-corrected chi connectivity index (χ4v) is 1.24. The molecule has 0 saturated heterocycles. The first kappa shape index (κ1) is 11.7. The van der Waals surface area contributed by atoms with Gasteiger partial charge in [-0.05, 0) is 24.1 Å². The van der Waals surface area contributed by atoms with Gasteiger partial charge in [-0.1, -0.05) is 30.3 Å². The van der Waals surface area contributed by atoms with Gasteiger partial charge in [0.1, 0.15) is 0 Å². The minimum absolute atomic E-state index is 0.355. The van der Waals surface area contributed by atoms with Gasteiger partial charge in [0.2, 0.25) is 0 Å². The molecule has 0 atom stereocenters. The van der Waals surface area contributed by atoms with Crippen LogP contribution >= 0.6 is 0 Å². The highest BCUT2D eigenvalue weighted by atomic mass is 16.4. The molecule has 0 aliphatic heterocycles. The van der Waals surface area contributed by atoms with E-state index >= 15 is 0 Å². The summed E-state index contributed by atoms with van der Waals surface area (Å²) < 4.78 is 0. The third-order valence-corrected chi connectivity index (χ3v) is 2.12. The summed E-state index contributed by atoms with van der Waals surface area (Å²) in [6, 6.07) is 11.4. The van der Waals surface area contributed by atoms with Crippen LogP contribution in [0, 0.1) is 11.3 Å². The van der Waals surface area contributed by atoms with E-state index in [0.29, 0.717) is 5.57 Å². The number of aliphatic carboxylic acids is 1. The average molecular weight is 213 g/mol. The molecular weight excluding hydrogens is 202 g/mol. The summed E-state index contributed by atoms with van der Waals surface area (Å²) in [5, 5.41) is 17.4. The molecule has 0 aromatic heterocycles. The quantitative estimate of drug-likeness (QED) is 0.477. The predicted molar refractivity (Wildman–Crippen MR) is 61.4 cm³/mol. The van der Waals surface area contributed by atoms with Crippen molar-refractivity contribution in [3.05, 3.63) is 53.6 Å². The Morgan fingerprint density at radius 1 is 1.31 bits per heavy atom. The Balaban J connectivity index is 3.11. The van der Waals surface area contributed by atoms with E-state index in [2.05, 4.69) is 0 Å². The fraction of sp³-hybridized carbons (Fsp3) is 0.0769. The average Bonchev–Trinajstić information content (AvgIpc) is 2.30. The number of nitriles is 1. The third-order valence-electron chi connectivity index (χ3n) is 2.12. The van der Waals surface area contributed by atoms with E-state index in [1.165, 1.54) is 6.08 Å². The molecule has 0 amide bonds. The van der Waals surface area contributed by atoms with Crippen LogP contribution in [0.1, 0.15) is 12.5 Å². The van der Waals surface area contributed by atoms with E-state index in [9.17, 15) is 4.79 Å². The van der Waals surface area contributed by atoms with Gasteiger partial charge in [0, 0.05) is 6.08 Å². The van der Waals surface area contributed by atoms with Crippen molar-refractivity contribution < 1.29 is 9.90 Å². The number of carboxylic acid groups (broad SMARTS) is 1. The normalized spacial score (nSPS) is 12.0. The first-order chi connectivity index (χ1) is 7.65. The van der Waals surface area contributed by atoms with Crippen molar-refractivity contribution in [2.75, 3.05) is 0 Å². The summed E-state index contributed by atoms with van der Waals surface area (Å²) in [7, 11) is 0. The monoisotopic (exact) mass is 213 g/mol. The van der Waals surface area contributed by atoms with Crippen LogP contribution < -0.4 is 0 Å². The molecule has 3 nitrogen and oxygen atoms in total. The van der Waals surface area contributed by atoms with E-state index in [1.54, 1.807) is 6.92 Å². The Bertz CT molecular complexity index is 478. The fourth-order valence-electron chi connectivity index (χ4n) is 1.24. The zero-order valence-electron chi connectivity index (χ0n) is 8.84. The van der Waals surface area contributed by atoms with Gasteiger partial charge in [-0.2, -0.15) is 5.26 Å². The number of hydrogen-bond acceptors (Lipinski definition) is 2. The maximum absolute atomic E-state index is 10.4. The smallest absolute Gasteiger partial charge is 0.328 e. The Labute approximate surface area is 94.0 Å². The molecule has 0 radical (unpaired) electrons. The van der Waals surface area contributed by atoms with Crippen molar-refractivity contribution in [3.8, 4) is 6.07 Å². The van der Waals surface area contributed by atoms with Crippen molar-refractivity contribution in [3.63, 3.8) is 0 Å². The minimum Gasteiger partial charge on any atom is -0.478 e. The Hall–Kier alpha value is -2.34. The number of benzene rings is 1. The second kappa shape index (κ2) is 5.52. The lowest BCUT2D eigenvalue weighted by Crippen LogP contribution is -1.88. The standard InChI is InChI=1S/C13H11NO2/c1-10(11-5-3-2-4-6-11)12(9-14)7-8-13(15)16/h2-8H,1H3,(H,15,16). The van der Waals surface area contributed by atoms with Crippen molar-refractivity contribution in [1.29, 1.82) is 5.26 Å². The van der Waals surface area contributed by atoms with Gasteiger partial charge in [-0.15, -0.1) is 0 Å². The van der Waals surface area contributed by atoms with Crippen LogP contribution in [-0.2, 0) is 4.79 Å². The molecule has 1 aromatic rings. The van der Waals surface area contributed by atoms with E-state index in [-0.39, 0.29) is 0 Å². The Morgan fingerprint density at radius 2 is 1.94 bits per heavy atom. The van der Waals surface area contributed by atoms with Crippen molar-refractivity contribution in [2.45, 2.75) is 6.92 Å². The van der Waals surface area contributed by atoms with Gasteiger partial charge >= 0.3 is 5.97 Å². The van der Waals surface area contributed by atoms with Gasteiger partial charge < -0.3 is 5.11 Å². The SMILES string of the molecule is CC(=C(C#N)C=CC(=O)O)c1ccccc1. The Kier molecular flexibility index (Phi) is 4.05. The molecule has 1 N–H and O–H groups in total. The molecule has 1 rings (SSSR count). The van der Waals surface area contributed by atoms with E-state index in [1.807, 2.05) is 36.4 Å². The zero-order valence-corrected chi connectivity index (χ0v) is 8.84. The zero-order chi connectivity index (χ0) is 12.0. The van der Waals surface area contributed by atoms with Crippen LogP contribution in [0.5, 0.6) is 0 Å². The highest BCUT2D eigenvalue weighted by Gasteiger charge is 2.01. The van der Waals surface area contributed by atoms with Gasteiger partial charge in [0.05, 0.1) is 11.6 Å². The summed E-state index contributed by atoms with van der Waals surface area (Å²) in [5.41, 5.74) is 2.03. The van der Waals surface area contributed by atoms with Gasteiger partial charge in [-0.3, -0.25) is 0 Å². The second-order valence-corrected chi connectivity index (χ2v) is 3.19. The molecule has 1 aromatic carbocycles. The maximum atomic E-state index is 10.4. The van der Waals surface area contributed by atoms with Gasteiger partial charge in [-0.25, -0.2) is 4.79 Å². The van der Waals surface area contributed by atoms with Crippen molar-refractivity contribution >= 4 is 11.5 Å². The van der Waals surface area contributed by atoms with Gasteiger partial charge in [0.25, 0.3) is 0 Å². The minimum atomic E-state index is -1.06. The van der Waals surface area contributed by atoms with Crippen LogP contribution in [0.2, 0.25) is 0 Å². The Morgan fingerprint density at radius 3 is 2.44 bits per heavy atom. The number of nitrogens with zero attached hydrogens (tertiary/aromatic N) is 1. The second-order valence-electron chi connectivity index (χ2n) is 3.19. The van der Waals surface area contributed by atoms with Crippen LogP contribution in [0.25, 0.3) is 5.57 Å². The number of hydrogen-bond donors (Lipinski definition) is 1. The van der Waals surface area contributed by atoms with E-state index < -0.39 is 5.97 Å². The molecule has 0 aliphatic carbocycles. The molecule has 0 spiro atoms. The highest BCUT2D eigenvalue weighted by Crippen LogP contribution is 2.18. The van der Waals surface area contributed by atoms with Gasteiger partial charge in [0.15, 0.2) is 0 Å². The summed E-state index contributed by atoms with van der Waals surface area (Å²) in [5.74, 6) is -1.06. The molecule has 80 valence electrons. The number of allylic oxidation sites excluding steroid dienone is 3. The summed E-state index contributed by atoms with van der Waals surface area (Å²) in [4.78, 5) is 10.4. The first-order valence-corrected chi connectivity index (χ1v) is 4.72. The molecule has 0 saturated carbocycles.